The lowest BCUT2D eigenvalue weighted by Crippen LogP contribution is -2.38. The highest BCUT2D eigenvalue weighted by molar-refractivity contribution is 5.43. The Balaban J connectivity index is 2.16. The average molecular weight is 280 g/mol. The maximum absolute atomic E-state index is 5.83. The predicted octanol–water partition coefficient (Wildman–Crippen LogP) is 0.915. The fraction of sp³-hybridized carbons (Fsp3) is 0.769. The van der Waals surface area contributed by atoms with E-state index >= 15 is 0 Å². The van der Waals surface area contributed by atoms with Gasteiger partial charge in [-0.15, -0.1) is 0 Å². The second-order valence-electron chi connectivity index (χ2n) is 4.89. The third-order valence-corrected chi connectivity index (χ3v) is 3.73. The molecular weight excluding hydrogens is 256 g/mol. The molecule has 1 aromatic rings. The summed E-state index contributed by atoms with van der Waals surface area (Å²) in [4.78, 5) is 17.3. The largest absolute Gasteiger partial charge is 0.381 e. The van der Waals surface area contributed by atoms with Crippen LogP contribution in [0.2, 0.25) is 0 Å². The zero-order valence-electron chi connectivity index (χ0n) is 12.5. The van der Waals surface area contributed by atoms with Crippen molar-refractivity contribution in [2.75, 3.05) is 48.8 Å². The van der Waals surface area contributed by atoms with E-state index in [1.807, 2.05) is 0 Å². The Labute approximate surface area is 120 Å². The molecule has 0 spiro atoms. The van der Waals surface area contributed by atoms with Crippen molar-refractivity contribution in [3.8, 4) is 0 Å². The molecule has 0 amide bonds. The summed E-state index contributed by atoms with van der Waals surface area (Å²) in [5, 5.41) is 0. The molecule has 0 aromatic carbocycles. The lowest BCUT2D eigenvalue weighted by atomic mass is 10.1. The zero-order chi connectivity index (χ0) is 14.5. The minimum atomic E-state index is 0.283. The van der Waals surface area contributed by atoms with Gasteiger partial charge < -0.3 is 20.3 Å². The van der Waals surface area contributed by atoms with Crippen molar-refractivity contribution in [2.45, 2.75) is 32.8 Å². The van der Waals surface area contributed by atoms with Gasteiger partial charge in [-0.25, -0.2) is 0 Å². The van der Waals surface area contributed by atoms with Crippen LogP contribution in [0.15, 0.2) is 0 Å². The van der Waals surface area contributed by atoms with Crippen molar-refractivity contribution in [2.24, 2.45) is 0 Å². The number of nitrogens with zero attached hydrogens (tertiary/aromatic N) is 5. The highest BCUT2D eigenvalue weighted by atomic mass is 16.5. The molecule has 0 bridgehead atoms. The lowest BCUT2D eigenvalue weighted by Gasteiger charge is -2.31. The van der Waals surface area contributed by atoms with Crippen molar-refractivity contribution in [3.05, 3.63) is 0 Å². The molecule has 0 aliphatic carbocycles. The van der Waals surface area contributed by atoms with Crippen molar-refractivity contribution < 1.29 is 4.74 Å². The van der Waals surface area contributed by atoms with Gasteiger partial charge in [0.2, 0.25) is 17.8 Å². The van der Waals surface area contributed by atoms with Crippen LogP contribution in [0, 0.1) is 0 Å². The van der Waals surface area contributed by atoms with Crippen LogP contribution in [0.25, 0.3) is 0 Å². The quantitative estimate of drug-likeness (QED) is 0.858. The van der Waals surface area contributed by atoms with Gasteiger partial charge >= 0.3 is 0 Å². The zero-order valence-corrected chi connectivity index (χ0v) is 12.5. The summed E-state index contributed by atoms with van der Waals surface area (Å²) in [5.74, 6) is 1.62. The first-order valence-electron chi connectivity index (χ1n) is 7.22. The normalized spacial score (nSPS) is 16.4. The fourth-order valence-corrected chi connectivity index (χ4v) is 2.45. The van der Waals surface area contributed by atoms with Crippen molar-refractivity contribution in [3.63, 3.8) is 0 Å². The number of hydrogen-bond acceptors (Lipinski definition) is 7. The van der Waals surface area contributed by atoms with Crippen LogP contribution in [0.4, 0.5) is 17.8 Å². The Morgan fingerprint density at radius 3 is 2.40 bits per heavy atom. The first-order chi connectivity index (χ1) is 9.67. The third kappa shape index (κ3) is 3.27. The van der Waals surface area contributed by atoms with Gasteiger partial charge in [-0.3, -0.25) is 0 Å². The molecule has 7 heteroatoms. The molecule has 0 unspecified atom stereocenters. The second kappa shape index (κ2) is 6.69. The molecule has 1 aromatic heterocycles. The molecule has 2 rings (SSSR count). The monoisotopic (exact) mass is 280 g/mol. The number of anilines is 3. The maximum Gasteiger partial charge on any atom is 0.231 e. The van der Waals surface area contributed by atoms with Crippen molar-refractivity contribution in [1.29, 1.82) is 0 Å². The summed E-state index contributed by atoms with van der Waals surface area (Å²) >= 11 is 0. The standard InChI is InChI=1S/C13H24N6O/c1-4-18(5-2)12-15-11(14)16-13(17-12)19-8-6-10(20-3)7-9-19/h10H,4-9H2,1-3H3,(H2,14,15,16,17). The molecule has 112 valence electrons. The minimum Gasteiger partial charge on any atom is -0.381 e. The lowest BCUT2D eigenvalue weighted by molar-refractivity contribution is 0.0816. The van der Waals surface area contributed by atoms with Gasteiger partial charge in [0.1, 0.15) is 0 Å². The molecule has 0 saturated carbocycles. The van der Waals surface area contributed by atoms with E-state index in [0.717, 1.165) is 39.0 Å². The van der Waals surface area contributed by atoms with Crippen molar-refractivity contribution in [1.82, 2.24) is 15.0 Å². The molecule has 1 fully saturated rings. The molecule has 0 radical (unpaired) electrons. The van der Waals surface area contributed by atoms with Gasteiger partial charge in [0, 0.05) is 33.3 Å². The van der Waals surface area contributed by atoms with Crippen LogP contribution in [-0.4, -0.2) is 54.3 Å². The SMILES string of the molecule is CCN(CC)c1nc(N)nc(N2CCC(OC)CC2)n1. The first-order valence-corrected chi connectivity index (χ1v) is 7.22. The number of piperidine rings is 1. The van der Waals surface area contributed by atoms with Crippen molar-refractivity contribution >= 4 is 17.8 Å². The molecule has 0 atom stereocenters. The van der Waals surface area contributed by atoms with E-state index in [-0.39, 0.29) is 5.95 Å². The molecular formula is C13H24N6O. The number of nitrogen functional groups attached to an aromatic ring is 1. The van der Waals surface area contributed by atoms with E-state index < -0.39 is 0 Å². The number of rotatable bonds is 5. The molecule has 2 heterocycles. The minimum absolute atomic E-state index is 0.283. The van der Waals surface area contributed by atoms with Gasteiger partial charge in [-0.1, -0.05) is 0 Å². The summed E-state index contributed by atoms with van der Waals surface area (Å²) in [6.07, 6.45) is 2.32. The van der Waals surface area contributed by atoms with Gasteiger partial charge in [0.15, 0.2) is 0 Å². The molecule has 20 heavy (non-hydrogen) atoms. The average Bonchev–Trinajstić information content (AvgIpc) is 2.48. The Kier molecular flexibility index (Phi) is 4.94. The number of aromatic nitrogens is 3. The van der Waals surface area contributed by atoms with E-state index in [4.69, 9.17) is 10.5 Å². The summed E-state index contributed by atoms with van der Waals surface area (Å²) in [6.45, 7) is 7.63. The topological polar surface area (TPSA) is 80.4 Å². The van der Waals surface area contributed by atoms with Crippen LogP contribution >= 0.6 is 0 Å². The van der Waals surface area contributed by atoms with Crippen LogP contribution in [0.1, 0.15) is 26.7 Å². The number of methoxy groups -OCH3 is 1. The van der Waals surface area contributed by atoms with Gasteiger partial charge in [-0.2, -0.15) is 15.0 Å². The third-order valence-electron chi connectivity index (χ3n) is 3.73. The Hall–Kier alpha value is -1.63. The number of hydrogen-bond donors (Lipinski definition) is 1. The summed E-state index contributed by atoms with van der Waals surface area (Å²) < 4.78 is 5.38. The fourth-order valence-electron chi connectivity index (χ4n) is 2.45. The van der Waals surface area contributed by atoms with Gasteiger partial charge in [0.05, 0.1) is 6.10 Å². The van der Waals surface area contributed by atoms with E-state index in [2.05, 4.69) is 38.6 Å². The molecule has 2 N–H and O–H groups in total. The van der Waals surface area contributed by atoms with E-state index in [1.54, 1.807) is 7.11 Å². The van der Waals surface area contributed by atoms with Crippen LogP contribution in [-0.2, 0) is 4.74 Å². The van der Waals surface area contributed by atoms with Gasteiger partial charge in [0.25, 0.3) is 0 Å². The number of nitrogens with two attached hydrogens (primary N) is 1. The molecule has 1 saturated heterocycles. The maximum atomic E-state index is 5.83. The number of ether oxygens (including phenoxy) is 1. The second-order valence-corrected chi connectivity index (χ2v) is 4.89. The summed E-state index contributed by atoms with van der Waals surface area (Å²) in [6, 6.07) is 0. The molecule has 1 aliphatic heterocycles. The van der Waals surface area contributed by atoms with E-state index in [1.165, 1.54) is 0 Å². The highest BCUT2D eigenvalue weighted by Gasteiger charge is 2.22. The Morgan fingerprint density at radius 1 is 1.20 bits per heavy atom. The molecule has 7 nitrogen and oxygen atoms in total. The van der Waals surface area contributed by atoms with Crippen LogP contribution in [0.5, 0.6) is 0 Å². The van der Waals surface area contributed by atoms with Crippen LogP contribution < -0.4 is 15.5 Å². The summed E-state index contributed by atoms with van der Waals surface area (Å²) in [5.41, 5.74) is 5.83. The van der Waals surface area contributed by atoms with Crippen LogP contribution in [0.3, 0.4) is 0 Å². The Morgan fingerprint density at radius 2 is 1.85 bits per heavy atom. The molecule has 1 aliphatic rings. The smallest absolute Gasteiger partial charge is 0.231 e. The first kappa shape index (κ1) is 14.8. The predicted molar refractivity (Wildman–Crippen MR) is 80.0 cm³/mol. The van der Waals surface area contributed by atoms with E-state index in [0.29, 0.717) is 18.0 Å². The van der Waals surface area contributed by atoms with E-state index in [9.17, 15) is 0 Å². The van der Waals surface area contributed by atoms with Gasteiger partial charge in [-0.05, 0) is 26.7 Å². The Bertz CT molecular complexity index is 429. The summed E-state index contributed by atoms with van der Waals surface area (Å²) in [7, 11) is 1.76. The highest BCUT2D eigenvalue weighted by Crippen LogP contribution is 2.20.